The molecule has 0 radical (unpaired) electrons. The molecule has 0 aliphatic rings. The second kappa shape index (κ2) is 4.82. The minimum Gasteiger partial charge on any atom is -0.336 e. The highest BCUT2D eigenvalue weighted by Crippen LogP contribution is 2.28. The first-order valence-corrected chi connectivity index (χ1v) is 5.50. The second-order valence-corrected chi connectivity index (χ2v) is 4.09. The molecule has 96 valence electrons. The molecule has 1 aromatic heterocycles. The zero-order valence-electron chi connectivity index (χ0n) is 9.32. The van der Waals surface area contributed by atoms with Gasteiger partial charge in [-0.1, -0.05) is 24.4 Å². The van der Waals surface area contributed by atoms with Gasteiger partial charge in [0.2, 0.25) is 5.82 Å². The first-order valence-electron chi connectivity index (χ1n) is 5.09. The van der Waals surface area contributed by atoms with Crippen LogP contribution in [0.4, 0.5) is 13.2 Å². The van der Waals surface area contributed by atoms with Crippen molar-refractivity contribution in [2.45, 2.75) is 6.18 Å². The minimum atomic E-state index is -4.60. The highest BCUT2D eigenvalue weighted by atomic mass is 32.1. The fraction of sp³-hybridized carbons (Fsp3) is 0.0833. The molecule has 0 bridgehead atoms. The van der Waals surface area contributed by atoms with Gasteiger partial charge in [-0.15, -0.1) is 0 Å². The average molecular weight is 281 g/mol. The molecule has 0 aliphatic heterocycles. The van der Waals surface area contributed by atoms with Crippen LogP contribution in [0.25, 0.3) is 11.3 Å². The Bertz CT molecular complexity index is 713. The van der Waals surface area contributed by atoms with Crippen molar-refractivity contribution in [2.24, 2.45) is 0 Å². The maximum absolute atomic E-state index is 12.6. The summed E-state index contributed by atoms with van der Waals surface area (Å²) in [5, 5.41) is 8.77. The third-order valence-corrected chi connectivity index (χ3v) is 2.52. The average Bonchev–Trinajstić information content (AvgIpc) is 2.37. The summed E-state index contributed by atoms with van der Waals surface area (Å²) in [5.74, 6) is -1.16. The Hall–Kier alpha value is -2.20. The Morgan fingerprint density at radius 3 is 2.63 bits per heavy atom. The van der Waals surface area contributed by atoms with Crippen LogP contribution in [0.1, 0.15) is 11.4 Å². The van der Waals surface area contributed by atoms with Crippen LogP contribution in [0.2, 0.25) is 0 Å². The van der Waals surface area contributed by atoms with Gasteiger partial charge in [0.25, 0.3) is 0 Å². The zero-order valence-corrected chi connectivity index (χ0v) is 10.1. The maximum atomic E-state index is 12.6. The van der Waals surface area contributed by atoms with Crippen molar-refractivity contribution in [3.8, 4) is 17.3 Å². The molecule has 3 nitrogen and oxygen atoms in total. The molecule has 2 aromatic rings. The molecule has 0 unspecified atom stereocenters. The topological polar surface area (TPSA) is 52.5 Å². The van der Waals surface area contributed by atoms with Crippen LogP contribution in [0.3, 0.4) is 0 Å². The van der Waals surface area contributed by atoms with E-state index in [9.17, 15) is 13.2 Å². The Labute approximate surface area is 111 Å². The lowest BCUT2D eigenvalue weighted by Gasteiger charge is -2.08. The maximum Gasteiger partial charge on any atom is 0.449 e. The fourth-order valence-electron chi connectivity index (χ4n) is 1.50. The lowest BCUT2D eigenvalue weighted by Crippen LogP contribution is -2.11. The molecule has 1 aromatic carbocycles. The number of nitrogens with zero attached hydrogens (tertiary/aromatic N) is 2. The van der Waals surface area contributed by atoms with Crippen LogP contribution in [-0.2, 0) is 6.18 Å². The van der Waals surface area contributed by atoms with Crippen LogP contribution in [0.15, 0.2) is 30.3 Å². The lowest BCUT2D eigenvalue weighted by molar-refractivity contribution is -0.144. The normalized spacial score (nSPS) is 11.1. The van der Waals surface area contributed by atoms with Crippen LogP contribution in [-0.4, -0.2) is 9.97 Å². The number of halogens is 3. The molecular formula is C12H6F3N3S. The number of hydrogen-bond acceptors (Lipinski definition) is 3. The first-order chi connectivity index (χ1) is 8.90. The molecule has 0 saturated heterocycles. The SMILES string of the molecule is N#Cc1cccc(-c2cc(=S)nc(C(F)(F)F)[nH]2)c1. The third kappa shape index (κ3) is 2.98. The Morgan fingerprint density at radius 1 is 1.26 bits per heavy atom. The Morgan fingerprint density at radius 2 is 2.00 bits per heavy atom. The summed E-state index contributed by atoms with van der Waals surface area (Å²) < 4.78 is 37.7. The molecule has 0 aliphatic carbocycles. The van der Waals surface area contributed by atoms with Gasteiger partial charge in [0.05, 0.1) is 11.6 Å². The van der Waals surface area contributed by atoms with E-state index in [1.807, 2.05) is 6.07 Å². The summed E-state index contributed by atoms with van der Waals surface area (Å²) >= 11 is 4.72. The van der Waals surface area contributed by atoms with Gasteiger partial charge in [0.1, 0.15) is 4.64 Å². The van der Waals surface area contributed by atoms with Crippen molar-refractivity contribution in [3.05, 3.63) is 46.4 Å². The predicted octanol–water partition coefficient (Wildman–Crippen LogP) is 3.70. The van der Waals surface area contributed by atoms with Gasteiger partial charge < -0.3 is 4.98 Å². The van der Waals surface area contributed by atoms with E-state index in [1.165, 1.54) is 12.1 Å². The van der Waals surface area contributed by atoms with E-state index >= 15 is 0 Å². The molecule has 1 N–H and O–H groups in total. The molecule has 0 amide bonds. The van der Waals surface area contributed by atoms with E-state index in [1.54, 1.807) is 18.2 Å². The number of alkyl halides is 3. The van der Waals surface area contributed by atoms with E-state index in [4.69, 9.17) is 17.5 Å². The molecule has 7 heteroatoms. The molecule has 0 atom stereocenters. The van der Waals surface area contributed by atoms with Gasteiger partial charge >= 0.3 is 6.18 Å². The van der Waals surface area contributed by atoms with Gasteiger partial charge in [-0.3, -0.25) is 0 Å². The predicted molar refractivity (Wildman–Crippen MR) is 64.6 cm³/mol. The van der Waals surface area contributed by atoms with Crippen LogP contribution in [0.5, 0.6) is 0 Å². The molecule has 2 rings (SSSR count). The van der Waals surface area contributed by atoms with Crippen LogP contribution in [0, 0.1) is 16.0 Å². The smallest absolute Gasteiger partial charge is 0.336 e. The van der Waals surface area contributed by atoms with Crippen molar-refractivity contribution in [1.29, 1.82) is 5.26 Å². The standard InChI is InChI=1S/C12H6F3N3S/c13-12(14,15)11-17-9(5-10(19)18-11)8-3-1-2-7(4-8)6-16/h1-5H,(H,17,18,19). The van der Waals surface area contributed by atoms with Gasteiger partial charge in [-0.25, -0.2) is 4.98 Å². The number of hydrogen-bond donors (Lipinski definition) is 1. The highest BCUT2D eigenvalue weighted by Gasteiger charge is 2.34. The van der Waals surface area contributed by atoms with E-state index in [0.29, 0.717) is 11.1 Å². The molecular weight excluding hydrogens is 275 g/mol. The van der Waals surface area contributed by atoms with Crippen LogP contribution < -0.4 is 0 Å². The van der Waals surface area contributed by atoms with E-state index in [2.05, 4.69) is 9.97 Å². The Balaban J connectivity index is 2.60. The summed E-state index contributed by atoms with van der Waals surface area (Å²) in [6.45, 7) is 0. The second-order valence-electron chi connectivity index (χ2n) is 3.67. The summed E-state index contributed by atoms with van der Waals surface area (Å²) in [6, 6.07) is 9.44. The number of aromatic nitrogens is 2. The lowest BCUT2D eigenvalue weighted by atomic mass is 10.1. The van der Waals surface area contributed by atoms with Crippen molar-refractivity contribution in [2.75, 3.05) is 0 Å². The monoisotopic (exact) mass is 281 g/mol. The summed E-state index contributed by atoms with van der Waals surface area (Å²) in [4.78, 5) is 5.42. The van der Waals surface area contributed by atoms with Crippen molar-refractivity contribution in [1.82, 2.24) is 9.97 Å². The zero-order chi connectivity index (χ0) is 14.0. The Kier molecular flexibility index (Phi) is 3.36. The summed E-state index contributed by atoms with van der Waals surface area (Å²) in [6.07, 6.45) is -4.60. The number of rotatable bonds is 1. The molecule has 0 fully saturated rings. The number of benzene rings is 1. The van der Waals surface area contributed by atoms with Crippen LogP contribution >= 0.6 is 12.2 Å². The molecule has 19 heavy (non-hydrogen) atoms. The van der Waals surface area contributed by atoms with Crippen molar-refractivity contribution in [3.63, 3.8) is 0 Å². The minimum absolute atomic E-state index is 0.163. The quantitative estimate of drug-likeness (QED) is 0.811. The van der Waals surface area contributed by atoms with Gasteiger partial charge in [0, 0.05) is 5.69 Å². The van der Waals surface area contributed by atoms with Gasteiger partial charge in [-0.05, 0) is 23.8 Å². The highest BCUT2D eigenvalue weighted by molar-refractivity contribution is 7.71. The first kappa shape index (κ1) is 13.2. The van der Waals surface area contributed by atoms with Crippen molar-refractivity contribution >= 4 is 12.2 Å². The number of H-pyrrole nitrogens is 1. The van der Waals surface area contributed by atoms with Gasteiger partial charge in [-0.2, -0.15) is 18.4 Å². The van der Waals surface area contributed by atoms with E-state index in [-0.39, 0.29) is 10.3 Å². The third-order valence-electron chi connectivity index (χ3n) is 2.31. The number of aromatic amines is 1. The van der Waals surface area contributed by atoms with Gasteiger partial charge in [0.15, 0.2) is 0 Å². The number of nitrogens with one attached hydrogen (secondary N) is 1. The largest absolute Gasteiger partial charge is 0.449 e. The van der Waals surface area contributed by atoms with E-state index in [0.717, 1.165) is 0 Å². The molecule has 0 saturated carbocycles. The summed E-state index contributed by atoms with van der Waals surface area (Å²) in [7, 11) is 0. The number of nitriles is 1. The molecule has 0 spiro atoms. The fourth-order valence-corrected chi connectivity index (χ4v) is 1.71. The molecule has 1 heterocycles. The van der Waals surface area contributed by atoms with E-state index < -0.39 is 12.0 Å². The summed E-state index contributed by atoms with van der Waals surface area (Å²) in [5.41, 5.74) is 0.963. The van der Waals surface area contributed by atoms with Crippen molar-refractivity contribution < 1.29 is 13.2 Å².